The van der Waals surface area contributed by atoms with E-state index in [9.17, 15) is 8.78 Å². The zero-order chi connectivity index (χ0) is 14.9. The Labute approximate surface area is 123 Å². The first-order chi connectivity index (χ1) is 10.1. The number of aryl methyl sites for hydroxylation is 1. The molecule has 0 spiro atoms. The fraction of sp³-hybridized carbons (Fsp3) is 0.333. The van der Waals surface area contributed by atoms with E-state index in [4.69, 9.17) is 5.73 Å². The van der Waals surface area contributed by atoms with Gasteiger partial charge in [-0.1, -0.05) is 36.8 Å². The van der Waals surface area contributed by atoms with E-state index < -0.39 is 17.2 Å². The third-order valence-corrected chi connectivity index (χ3v) is 4.38. The van der Waals surface area contributed by atoms with Crippen molar-refractivity contribution in [1.82, 2.24) is 0 Å². The van der Waals surface area contributed by atoms with Crippen molar-refractivity contribution in [2.75, 3.05) is 0 Å². The lowest BCUT2D eigenvalue weighted by molar-refractivity contribution is 0.397. The van der Waals surface area contributed by atoms with Crippen LogP contribution in [0.1, 0.15) is 36.0 Å². The molecule has 1 unspecified atom stereocenters. The lowest BCUT2D eigenvalue weighted by atomic mass is 9.80. The molecule has 1 aliphatic carbocycles. The normalized spacial score (nSPS) is 21.7. The fourth-order valence-electron chi connectivity index (χ4n) is 3.31. The molecule has 3 heteroatoms. The van der Waals surface area contributed by atoms with E-state index in [0.717, 1.165) is 36.8 Å². The van der Waals surface area contributed by atoms with Crippen LogP contribution in [0.3, 0.4) is 0 Å². The number of halogens is 2. The number of benzene rings is 2. The quantitative estimate of drug-likeness (QED) is 0.827. The number of fused-ring (bicyclic) bond motifs is 1. The standard InChI is InChI=1S/C18H19F2N/c19-16-9-8-13(11-17(16)20)12-18(21)10-4-3-6-14-5-1-2-7-15(14)18/h1-2,5,7-9,11H,3-4,6,10,12,21H2. The van der Waals surface area contributed by atoms with Gasteiger partial charge in [0, 0.05) is 5.54 Å². The van der Waals surface area contributed by atoms with Crippen molar-refractivity contribution >= 4 is 0 Å². The Morgan fingerprint density at radius 2 is 1.81 bits per heavy atom. The van der Waals surface area contributed by atoms with Crippen LogP contribution in [-0.2, 0) is 18.4 Å². The van der Waals surface area contributed by atoms with E-state index in [-0.39, 0.29) is 0 Å². The van der Waals surface area contributed by atoms with Crippen molar-refractivity contribution in [3.63, 3.8) is 0 Å². The summed E-state index contributed by atoms with van der Waals surface area (Å²) in [6.45, 7) is 0. The number of nitrogens with two attached hydrogens (primary N) is 1. The Kier molecular flexibility index (Phi) is 3.77. The van der Waals surface area contributed by atoms with E-state index >= 15 is 0 Å². The average Bonchev–Trinajstić information content (AvgIpc) is 2.63. The Morgan fingerprint density at radius 3 is 2.62 bits per heavy atom. The summed E-state index contributed by atoms with van der Waals surface area (Å²) < 4.78 is 26.5. The molecule has 1 atom stereocenters. The van der Waals surface area contributed by atoms with Gasteiger partial charge in [0.2, 0.25) is 0 Å². The monoisotopic (exact) mass is 287 g/mol. The van der Waals surface area contributed by atoms with Gasteiger partial charge in [0.15, 0.2) is 11.6 Å². The summed E-state index contributed by atoms with van der Waals surface area (Å²) in [4.78, 5) is 0. The maximum atomic E-state index is 13.4. The summed E-state index contributed by atoms with van der Waals surface area (Å²) in [5.74, 6) is -1.62. The van der Waals surface area contributed by atoms with Gasteiger partial charge in [0.25, 0.3) is 0 Å². The van der Waals surface area contributed by atoms with Gasteiger partial charge >= 0.3 is 0 Å². The van der Waals surface area contributed by atoms with Crippen LogP contribution < -0.4 is 5.73 Å². The Morgan fingerprint density at radius 1 is 1.00 bits per heavy atom. The van der Waals surface area contributed by atoms with E-state index in [1.165, 1.54) is 17.7 Å². The van der Waals surface area contributed by atoms with Gasteiger partial charge in [0.1, 0.15) is 0 Å². The first-order valence-electron chi connectivity index (χ1n) is 7.40. The first-order valence-corrected chi connectivity index (χ1v) is 7.40. The van der Waals surface area contributed by atoms with E-state index in [2.05, 4.69) is 12.1 Å². The largest absolute Gasteiger partial charge is 0.321 e. The van der Waals surface area contributed by atoms with Gasteiger partial charge in [-0.05, 0) is 54.5 Å². The molecule has 0 fully saturated rings. The van der Waals surface area contributed by atoms with Crippen LogP contribution in [0, 0.1) is 11.6 Å². The molecule has 0 saturated heterocycles. The minimum atomic E-state index is -0.814. The van der Waals surface area contributed by atoms with Crippen molar-refractivity contribution < 1.29 is 8.78 Å². The molecule has 1 nitrogen and oxygen atoms in total. The maximum absolute atomic E-state index is 13.4. The minimum Gasteiger partial charge on any atom is -0.321 e. The van der Waals surface area contributed by atoms with Gasteiger partial charge in [-0.3, -0.25) is 0 Å². The molecule has 2 N–H and O–H groups in total. The van der Waals surface area contributed by atoms with Crippen LogP contribution in [0.2, 0.25) is 0 Å². The molecule has 0 aromatic heterocycles. The Hall–Kier alpha value is -1.74. The number of hydrogen-bond donors (Lipinski definition) is 1. The molecule has 110 valence electrons. The van der Waals surface area contributed by atoms with Gasteiger partial charge in [-0.15, -0.1) is 0 Å². The van der Waals surface area contributed by atoms with Crippen molar-refractivity contribution in [1.29, 1.82) is 0 Å². The van der Waals surface area contributed by atoms with Gasteiger partial charge in [0.05, 0.1) is 0 Å². The topological polar surface area (TPSA) is 26.0 Å². The molecule has 1 aliphatic rings. The maximum Gasteiger partial charge on any atom is 0.159 e. The van der Waals surface area contributed by atoms with Crippen LogP contribution in [0.15, 0.2) is 42.5 Å². The molecule has 2 aromatic rings. The molecule has 2 aromatic carbocycles. The van der Waals surface area contributed by atoms with Crippen LogP contribution >= 0.6 is 0 Å². The second-order valence-corrected chi connectivity index (χ2v) is 5.95. The molecule has 0 bridgehead atoms. The fourth-order valence-corrected chi connectivity index (χ4v) is 3.31. The molecule has 0 heterocycles. The van der Waals surface area contributed by atoms with Gasteiger partial charge < -0.3 is 5.73 Å². The zero-order valence-corrected chi connectivity index (χ0v) is 11.9. The SMILES string of the molecule is NC1(Cc2ccc(F)c(F)c2)CCCCc2ccccc21. The minimum absolute atomic E-state index is 0.503. The summed E-state index contributed by atoms with van der Waals surface area (Å²) >= 11 is 0. The highest BCUT2D eigenvalue weighted by Gasteiger charge is 2.31. The summed E-state index contributed by atoms with van der Waals surface area (Å²) in [5, 5.41) is 0. The van der Waals surface area contributed by atoms with E-state index in [1.54, 1.807) is 6.07 Å². The average molecular weight is 287 g/mol. The molecule has 0 saturated carbocycles. The summed E-state index contributed by atoms with van der Waals surface area (Å²) in [6.07, 6.45) is 4.60. The summed E-state index contributed by atoms with van der Waals surface area (Å²) in [6, 6.07) is 12.3. The predicted octanol–water partition coefficient (Wildman–Crippen LogP) is 4.09. The van der Waals surface area contributed by atoms with Gasteiger partial charge in [-0.2, -0.15) is 0 Å². The number of hydrogen-bond acceptors (Lipinski definition) is 1. The molecular weight excluding hydrogens is 268 g/mol. The van der Waals surface area contributed by atoms with E-state index in [1.807, 2.05) is 12.1 Å². The lowest BCUT2D eigenvalue weighted by Gasteiger charge is -2.30. The molecule has 3 rings (SSSR count). The highest BCUT2D eigenvalue weighted by atomic mass is 19.2. The smallest absolute Gasteiger partial charge is 0.159 e. The summed E-state index contributed by atoms with van der Waals surface area (Å²) in [5.41, 5.74) is 9.34. The van der Waals surface area contributed by atoms with Crippen molar-refractivity contribution in [2.45, 2.75) is 37.6 Å². The zero-order valence-electron chi connectivity index (χ0n) is 11.9. The molecule has 0 radical (unpaired) electrons. The second kappa shape index (κ2) is 5.57. The third kappa shape index (κ3) is 2.84. The molecular formula is C18H19F2N. The number of rotatable bonds is 2. The molecule has 0 amide bonds. The van der Waals surface area contributed by atoms with Crippen molar-refractivity contribution in [2.24, 2.45) is 5.73 Å². The second-order valence-electron chi connectivity index (χ2n) is 5.95. The Bertz CT molecular complexity index is 653. The van der Waals surface area contributed by atoms with Gasteiger partial charge in [-0.25, -0.2) is 8.78 Å². The van der Waals surface area contributed by atoms with Crippen molar-refractivity contribution in [3.05, 3.63) is 70.8 Å². The van der Waals surface area contributed by atoms with Crippen LogP contribution in [0.5, 0.6) is 0 Å². The highest BCUT2D eigenvalue weighted by Crippen LogP contribution is 2.35. The van der Waals surface area contributed by atoms with Crippen molar-refractivity contribution in [3.8, 4) is 0 Å². The molecule has 0 aliphatic heterocycles. The van der Waals surface area contributed by atoms with Crippen LogP contribution in [0.4, 0.5) is 8.78 Å². The van der Waals surface area contributed by atoms with Crippen LogP contribution in [-0.4, -0.2) is 0 Å². The van der Waals surface area contributed by atoms with E-state index in [0.29, 0.717) is 6.42 Å². The third-order valence-electron chi connectivity index (χ3n) is 4.38. The summed E-state index contributed by atoms with van der Waals surface area (Å²) in [7, 11) is 0. The molecule has 21 heavy (non-hydrogen) atoms. The Balaban J connectivity index is 1.97. The predicted molar refractivity (Wildman–Crippen MR) is 79.9 cm³/mol. The lowest BCUT2D eigenvalue weighted by Crippen LogP contribution is -2.39. The highest BCUT2D eigenvalue weighted by molar-refractivity contribution is 5.36. The van der Waals surface area contributed by atoms with Crippen LogP contribution in [0.25, 0.3) is 0 Å². The first kappa shape index (κ1) is 14.2.